The Morgan fingerprint density at radius 1 is 1.04 bits per heavy atom. The molecular weight excluding hydrogens is 350 g/mol. The van der Waals surface area contributed by atoms with Crippen LogP contribution in [0.2, 0.25) is 0 Å². The number of anilines is 1. The van der Waals surface area contributed by atoms with Crippen LogP contribution in [0.25, 0.3) is 22.0 Å². The molecule has 5 heteroatoms. The molecule has 2 aliphatic heterocycles. The minimum absolute atomic E-state index is 0.453. The number of fused-ring (bicyclic) bond motifs is 1. The van der Waals surface area contributed by atoms with E-state index >= 15 is 0 Å². The summed E-state index contributed by atoms with van der Waals surface area (Å²) in [7, 11) is 1.96. The summed E-state index contributed by atoms with van der Waals surface area (Å²) in [6, 6.07) is 16.1. The van der Waals surface area contributed by atoms with Crippen molar-refractivity contribution in [3.63, 3.8) is 0 Å². The van der Waals surface area contributed by atoms with Crippen LogP contribution in [0.4, 0.5) is 5.69 Å². The Balaban J connectivity index is 1.70. The van der Waals surface area contributed by atoms with Gasteiger partial charge in [0, 0.05) is 48.5 Å². The molecule has 0 aliphatic carbocycles. The summed E-state index contributed by atoms with van der Waals surface area (Å²) in [5, 5.41) is 13.3. The summed E-state index contributed by atoms with van der Waals surface area (Å²) in [5.41, 5.74) is 5.05. The van der Waals surface area contributed by atoms with E-state index in [0.717, 1.165) is 40.8 Å². The number of aryl methyl sites for hydroxylation is 1. The van der Waals surface area contributed by atoms with Gasteiger partial charge >= 0.3 is 5.91 Å². The number of aromatic nitrogens is 1. The van der Waals surface area contributed by atoms with Crippen molar-refractivity contribution < 1.29 is 9.53 Å². The molecule has 0 radical (unpaired) electrons. The van der Waals surface area contributed by atoms with Gasteiger partial charge in [-0.2, -0.15) is 0 Å². The van der Waals surface area contributed by atoms with Crippen LogP contribution in [0, 0.1) is 5.21 Å². The van der Waals surface area contributed by atoms with Crippen LogP contribution in [-0.4, -0.2) is 34.5 Å². The second-order valence-electron chi connectivity index (χ2n) is 7.46. The van der Waals surface area contributed by atoms with E-state index in [1.807, 2.05) is 54.2 Å². The highest BCUT2D eigenvalue weighted by Gasteiger charge is 2.34. The molecule has 0 N–H and O–H groups in total. The molecule has 5 rings (SSSR count). The Kier molecular flexibility index (Phi) is 3.83. The van der Waals surface area contributed by atoms with Crippen LogP contribution in [0.3, 0.4) is 0 Å². The molecule has 0 spiro atoms. The van der Waals surface area contributed by atoms with Gasteiger partial charge in [0.1, 0.15) is 5.57 Å². The van der Waals surface area contributed by atoms with Gasteiger partial charge < -0.3 is 14.7 Å². The van der Waals surface area contributed by atoms with Crippen LogP contribution in [0.5, 0.6) is 0 Å². The van der Waals surface area contributed by atoms with E-state index in [1.54, 1.807) is 0 Å². The predicted octanol–water partition coefficient (Wildman–Crippen LogP) is 3.81. The van der Waals surface area contributed by atoms with Crippen LogP contribution in [0.1, 0.15) is 24.0 Å². The second kappa shape index (κ2) is 6.37. The van der Waals surface area contributed by atoms with Crippen LogP contribution in [-0.2, 0) is 11.8 Å². The number of nitrogens with zero attached hydrogens (tertiary/aromatic N) is 3. The molecule has 0 unspecified atom stereocenters. The fraction of sp³-hybridized carbons (Fsp3) is 0.217. The van der Waals surface area contributed by atoms with Gasteiger partial charge in [-0.3, -0.25) is 0 Å². The minimum atomic E-state index is -0.502. The molecule has 0 bridgehead atoms. The zero-order valence-electron chi connectivity index (χ0n) is 15.8. The van der Waals surface area contributed by atoms with Crippen LogP contribution in [0.15, 0.2) is 54.7 Å². The number of hydrogen-bond donors (Lipinski definition) is 0. The number of hydrogen-bond acceptors (Lipinski definition) is 3. The lowest BCUT2D eigenvalue weighted by Crippen LogP contribution is -2.17. The van der Waals surface area contributed by atoms with Crippen molar-refractivity contribution >= 4 is 39.9 Å². The summed E-state index contributed by atoms with van der Waals surface area (Å²) in [6.45, 7) is 2.10. The van der Waals surface area contributed by atoms with E-state index < -0.39 is 5.91 Å². The van der Waals surface area contributed by atoms with Gasteiger partial charge in [0.25, 0.3) is 0 Å². The van der Waals surface area contributed by atoms with E-state index in [9.17, 15) is 10.0 Å². The van der Waals surface area contributed by atoms with Crippen molar-refractivity contribution in [3.8, 4) is 0 Å². The molecule has 2 aromatic carbocycles. The highest BCUT2D eigenvalue weighted by atomic mass is 16.5. The molecule has 0 atom stereocenters. The fourth-order valence-electron chi connectivity index (χ4n) is 4.33. The van der Waals surface area contributed by atoms with E-state index in [4.69, 9.17) is 0 Å². The Morgan fingerprint density at radius 3 is 2.64 bits per heavy atom. The third-order valence-electron chi connectivity index (χ3n) is 5.72. The molecule has 1 aromatic heterocycles. The molecule has 140 valence electrons. The minimum Gasteiger partial charge on any atom is -0.616 e. The normalized spacial score (nSPS) is 17.1. The summed E-state index contributed by atoms with van der Waals surface area (Å²) in [6.07, 6.45) is 5.76. The molecule has 1 fully saturated rings. The van der Waals surface area contributed by atoms with Crippen molar-refractivity contribution in [1.82, 2.24) is 4.57 Å². The molecule has 28 heavy (non-hydrogen) atoms. The summed E-state index contributed by atoms with van der Waals surface area (Å²) in [4.78, 5) is 15.1. The lowest BCUT2D eigenvalue weighted by Gasteiger charge is -2.18. The number of hydroxylamine groups is 1. The van der Waals surface area contributed by atoms with E-state index in [-0.39, 0.29) is 0 Å². The molecule has 3 heterocycles. The van der Waals surface area contributed by atoms with Crippen LogP contribution >= 0.6 is 0 Å². The SMILES string of the molecule is Cn1cc(C2=C(c3cccc(N4CCCC4)c3)C=[N+]([O-])C2=O)c2ccccc21. The maximum absolute atomic E-state index is 12.8. The molecule has 1 saturated heterocycles. The first-order valence-electron chi connectivity index (χ1n) is 9.63. The molecular formula is C23H21N3O2. The molecule has 1 amide bonds. The van der Waals surface area contributed by atoms with Crippen molar-refractivity contribution in [1.29, 1.82) is 0 Å². The highest BCUT2D eigenvalue weighted by molar-refractivity contribution is 6.39. The number of benzene rings is 2. The summed E-state index contributed by atoms with van der Waals surface area (Å²) < 4.78 is 2.45. The molecule has 5 nitrogen and oxygen atoms in total. The lowest BCUT2D eigenvalue weighted by molar-refractivity contribution is -0.366. The summed E-state index contributed by atoms with van der Waals surface area (Å²) >= 11 is 0. The number of carbonyl (C=O) groups excluding carboxylic acids is 1. The average Bonchev–Trinajstić information content (AvgIpc) is 3.43. The van der Waals surface area contributed by atoms with Gasteiger partial charge in [-0.25, -0.2) is 4.79 Å². The molecule has 3 aromatic rings. The Labute approximate surface area is 163 Å². The van der Waals surface area contributed by atoms with Gasteiger partial charge in [0.2, 0.25) is 0 Å². The van der Waals surface area contributed by atoms with Gasteiger partial charge in [0.05, 0.1) is 5.57 Å². The Bertz CT molecular complexity index is 1160. The largest absolute Gasteiger partial charge is 0.616 e. The smallest absolute Gasteiger partial charge is 0.432 e. The number of para-hydroxylation sites is 1. The Hall–Kier alpha value is -3.34. The lowest BCUT2D eigenvalue weighted by atomic mass is 9.96. The number of carbonyl (C=O) groups is 1. The monoisotopic (exact) mass is 371 g/mol. The van der Waals surface area contributed by atoms with Gasteiger partial charge in [-0.05, 0) is 36.6 Å². The van der Waals surface area contributed by atoms with E-state index in [2.05, 4.69) is 17.0 Å². The van der Waals surface area contributed by atoms with Crippen molar-refractivity contribution in [3.05, 3.63) is 71.1 Å². The zero-order chi connectivity index (χ0) is 19.3. The third-order valence-corrected chi connectivity index (χ3v) is 5.72. The van der Waals surface area contributed by atoms with Crippen LogP contribution < -0.4 is 4.90 Å². The average molecular weight is 371 g/mol. The van der Waals surface area contributed by atoms with Gasteiger partial charge in [-0.15, -0.1) is 4.74 Å². The standard InChI is InChI=1S/C23H21N3O2/c1-24-14-20(18-9-2-3-10-21(18)24)22-19(15-26(28)23(22)27)16-7-6-8-17(13-16)25-11-4-5-12-25/h2-3,6-10,13-15H,4-5,11-12H2,1H3. The predicted molar refractivity (Wildman–Crippen MR) is 112 cm³/mol. The quantitative estimate of drug-likeness (QED) is 0.520. The maximum atomic E-state index is 12.8. The van der Waals surface area contributed by atoms with Crippen molar-refractivity contribution in [2.24, 2.45) is 7.05 Å². The maximum Gasteiger partial charge on any atom is 0.432 e. The summed E-state index contributed by atoms with van der Waals surface area (Å²) in [5.74, 6) is -0.502. The van der Waals surface area contributed by atoms with Gasteiger partial charge in [0.15, 0.2) is 6.21 Å². The first kappa shape index (κ1) is 16.8. The topological polar surface area (TPSA) is 51.3 Å². The number of amides is 1. The zero-order valence-corrected chi connectivity index (χ0v) is 15.8. The third kappa shape index (κ3) is 2.54. The molecule has 2 aliphatic rings. The van der Waals surface area contributed by atoms with Gasteiger partial charge in [-0.1, -0.05) is 30.3 Å². The van der Waals surface area contributed by atoms with E-state index in [1.165, 1.54) is 19.1 Å². The van der Waals surface area contributed by atoms with Crippen molar-refractivity contribution in [2.75, 3.05) is 18.0 Å². The Morgan fingerprint density at radius 2 is 1.82 bits per heavy atom. The number of rotatable bonds is 3. The second-order valence-corrected chi connectivity index (χ2v) is 7.46. The molecule has 0 saturated carbocycles. The highest BCUT2D eigenvalue weighted by Crippen LogP contribution is 2.36. The fourth-order valence-corrected chi connectivity index (χ4v) is 4.33. The first-order valence-corrected chi connectivity index (χ1v) is 9.63. The number of allylic oxidation sites excluding steroid dienone is 1. The van der Waals surface area contributed by atoms with E-state index in [0.29, 0.717) is 15.9 Å². The van der Waals surface area contributed by atoms with Crippen molar-refractivity contribution in [2.45, 2.75) is 12.8 Å². The first-order chi connectivity index (χ1) is 13.6.